The Morgan fingerprint density at radius 2 is 1.89 bits per heavy atom. The maximum absolute atomic E-state index is 12.7. The molecule has 1 aromatic heterocycles. The molecule has 0 fully saturated rings. The van der Waals surface area contributed by atoms with Gasteiger partial charge in [0.15, 0.2) is 0 Å². The number of benzene rings is 2. The number of carbonyl (C=O) groups is 1. The van der Waals surface area contributed by atoms with Gasteiger partial charge in [0.1, 0.15) is 11.6 Å². The highest BCUT2D eigenvalue weighted by atomic mass is 35.5. The van der Waals surface area contributed by atoms with Crippen LogP contribution >= 0.6 is 23.2 Å². The van der Waals surface area contributed by atoms with Crippen molar-refractivity contribution in [3.63, 3.8) is 0 Å². The standard InChI is InChI=1S/C20H17Cl2N3O2/c1-27-18-7-3-2-5-13(18)12-24-19-15(6-4-10-23-19)20(26)25-14-8-9-16(21)17(22)11-14/h2-11H,12H2,1H3,(H,23,24)(H,25,26). The molecule has 5 nitrogen and oxygen atoms in total. The number of hydrogen-bond acceptors (Lipinski definition) is 4. The summed E-state index contributed by atoms with van der Waals surface area (Å²) in [6, 6.07) is 16.0. The van der Waals surface area contributed by atoms with E-state index in [2.05, 4.69) is 15.6 Å². The number of para-hydroxylation sites is 1. The number of pyridine rings is 1. The minimum absolute atomic E-state index is 0.302. The number of aromatic nitrogens is 1. The first kappa shape index (κ1) is 19.0. The van der Waals surface area contributed by atoms with Gasteiger partial charge in [0.05, 0.1) is 22.7 Å². The largest absolute Gasteiger partial charge is 0.496 e. The molecule has 0 unspecified atom stereocenters. The van der Waals surface area contributed by atoms with Crippen LogP contribution in [0.25, 0.3) is 0 Å². The molecule has 3 rings (SSSR count). The molecular weight excluding hydrogens is 385 g/mol. The Bertz CT molecular complexity index is 963. The quantitative estimate of drug-likeness (QED) is 0.590. The Balaban J connectivity index is 1.76. The number of rotatable bonds is 6. The molecule has 1 heterocycles. The van der Waals surface area contributed by atoms with Crippen molar-refractivity contribution in [2.24, 2.45) is 0 Å². The van der Waals surface area contributed by atoms with E-state index in [4.69, 9.17) is 27.9 Å². The van der Waals surface area contributed by atoms with Gasteiger partial charge >= 0.3 is 0 Å². The Hall–Kier alpha value is -2.76. The number of carbonyl (C=O) groups excluding carboxylic acids is 1. The van der Waals surface area contributed by atoms with Crippen molar-refractivity contribution in [2.45, 2.75) is 6.54 Å². The molecule has 2 N–H and O–H groups in total. The molecular formula is C20H17Cl2N3O2. The summed E-state index contributed by atoms with van der Waals surface area (Å²) in [4.78, 5) is 17.0. The van der Waals surface area contributed by atoms with Crippen molar-refractivity contribution >= 4 is 40.6 Å². The van der Waals surface area contributed by atoms with Crippen LogP contribution in [0.5, 0.6) is 5.75 Å². The van der Waals surface area contributed by atoms with Crippen LogP contribution in [0.1, 0.15) is 15.9 Å². The van der Waals surface area contributed by atoms with Gasteiger partial charge < -0.3 is 15.4 Å². The number of amides is 1. The van der Waals surface area contributed by atoms with Gasteiger partial charge in [0.2, 0.25) is 0 Å². The van der Waals surface area contributed by atoms with Crippen molar-refractivity contribution in [1.82, 2.24) is 4.98 Å². The highest BCUT2D eigenvalue weighted by Gasteiger charge is 2.13. The van der Waals surface area contributed by atoms with Gasteiger partial charge in [-0.2, -0.15) is 0 Å². The Morgan fingerprint density at radius 3 is 2.67 bits per heavy atom. The summed E-state index contributed by atoms with van der Waals surface area (Å²) in [5, 5.41) is 6.79. The summed E-state index contributed by atoms with van der Waals surface area (Å²) in [7, 11) is 1.62. The van der Waals surface area contributed by atoms with Crippen molar-refractivity contribution in [3.8, 4) is 5.75 Å². The number of methoxy groups -OCH3 is 1. The van der Waals surface area contributed by atoms with Gasteiger partial charge in [-0.3, -0.25) is 4.79 Å². The first-order valence-electron chi connectivity index (χ1n) is 8.15. The first-order chi connectivity index (χ1) is 13.1. The molecule has 0 radical (unpaired) electrons. The van der Waals surface area contributed by atoms with Gasteiger partial charge in [0, 0.05) is 24.0 Å². The van der Waals surface area contributed by atoms with Crippen LogP contribution in [0, 0.1) is 0 Å². The number of anilines is 2. The van der Waals surface area contributed by atoms with E-state index in [0.29, 0.717) is 33.7 Å². The average molecular weight is 402 g/mol. The molecule has 0 atom stereocenters. The average Bonchev–Trinajstić information content (AvgIpc) is 2.69. The molecule has 27 heavy (non-hydrogen) atoms. The van der Waals surface area contributed by atoms with E-state index in [0.717, 1.165) is 11.3 Å². The zero-order valence-corrected chi connectivity index (χ0v) is 16.0. The summed E-state index contributed by atoms with van der Waals surface area (Å²) in [5.41, 5.74) is 1.92. The highest BCUT2D eigenvalue weighted by Crippen LogP contribution is 2.26. The van der Waals surface area contributed by atoms with E-state index in [-0.39, 0.29) is 5.91 Å². The molecule has 1 amide bonds. The number of nitrogens with zero attached hydrogens (tertiary/aromatic N) is 1. The van der Waals surface area contributed by atoms with Gasteiger partial charge in [-0.1, -0.05) is 41.4 Å². The maximum atomic E-state index is 12.7. The van der Waals surface area contributed by atoms with Crippen LogP contribution in [-0.2, 0) is 6.54 Å². The Kier molecular flexibility index (Phi) is 6.16. The monoisotopic (exact) mass is 401 g/mol. The molecule has 3 aromatic rings. The molecule has 138 valence electrons. The van der Waals surface area contributed by atoms with E-state index >= 15 is 0 Å². The van der Waals surface area contributed by atoms with Crippen LogP contribution in [0.3, 0.4) is 0 Å². The number of nitrogens with one attached hydrogen (secondary N) is 2. The van der Waals surface area contributed by atoms with Crippen molar-refractivity contribution in [2.75, 3.05) is 17.7 Å². The SMILES string of the molecule is COc1ccccc1CNc1ncccc1C(=O)Nc1ccc(Cl)c(Cl)c1. The van der Waals surface area contributed by atoms with Crippen LogP contribution < -0.4 is 15.4 Å². The molecule has 0 aliphatic carbocycles. The van der Waals surface area contributed by atoms with Crippen LogP contribution in [0.15, 0.2) is 60.8 Å². The minimum atomic E-state index is -0.302. The van der Waals surface area contributed by atoms with Gasteiger partial charge in [0.25, 0.3) is 5.91 Å². The van der Waals surface area contributed by atoms with Crippen molar-refractivity contribution in [1.29, 1.82) is 0 Å². The maximum Gasteiger partial charge on any atom is 0.259 e. The van der Waals surface area contributed by atoms with E-state index in [1.165, 1.54) is 0 Å². The highest BCUT2D eigenvalue weighted by molar-refractivity contribution is 6.42. The first-order valence-corrected chi connectivity index (χ1v) is 8.91. The van der Waals surface area contributed by atoms with Crippen molar-refractivity contribution < 1.29 is 9.53 Å². The van der Waals surface area contributed by atoms with E-state index in [9.17, 15) is 4.79 Å². The Labute approximate surface area is 167 Å². The third-order valence-corrected chi connectivity index (χ3v) is 4.61. The molecule has 0 aliphatic rings. The molecule has 7 heteroatoms. The molecule has 2 aromatic carbocycles. The summed E-state index contributed by atoms with van der Waals surface area (Å²) in [6.45, 7) is 0.466. The lowest BCUT2D eigenvalue weighted by atomic mass is 10.2. The van der Waals surface area contributed by atoms with Crippen LogP contribution in [0.2, 0.25) is 10.0 Å². The minimum Gasteiger partial charge on any atom is -0.496 e. The summed E-state index contributed by atoms with van der Waals surface area (Å²) in [6.07, 6.45) is 1.63. The zero-order valence-electron chi connectivity index (χ0n) is 14.5. The molecule has 0 saturated heterocycles. The van der Waals surface area contributed by atoms with E-state index in [1.807, 2.05) is 24.3 Å². The smallest absolute Gasteiger partial charge is 0.259 e. The predicted molar refractivity (Wildman–Crippen MR) is 109 cm³/mol. The fraction of sp³-hybridized carbons (Fsp3) is 0.100. The summed E-state index contributed by atoms with van der Waals surface area (Å²) >= 11 is 11.9. The fourth-order valence-electron chi connectivity index (χ4n) is 2.53. The van der Waals surface area contributed by atoms with Gasteiger partial charge in [-0.15, -0.1) is 0 Å². The predicted octanol–water partition coefficient (Wildman–Crippen LogP) is 5.26. The molecule has 0 saturated carbocycles. The second kappa shape index (κ2) is 8.75. The third kappa shape index (κ3) is 4.70. The van der Waals surface area contributed by atoms with Gasteiger partial charge in [-0.25, -0.2) is 4.98 Å². The number of hydrogen-bond donors (Lipinski definition) is 2. The third-order valence-electron chi connectivity index (χ3n) is 3.87. The topological polar surface area (TPSA) is 63.2 Å². The lowest BCUT2D eigenvalue weighted by molar-refractivity contribution is 0.102. The number of ether oxygens (including phenoxy) is 1. The van der Waals surface area contributed by atoms with E-state index < -0.39 is 0 Å². The second-order valence-corrected chi connectivity index (χ2v) is 6.46. The lowest BCUT2D eigenvalue weighted by Gasteiger charge is -2.13. The van der Waals surface area contributed by atoms with Crippen molar-refractivity contribution in [3.05, 3.63) is 82.0 Å². The molecule has 0 aliphatic heterocycles. The fourth-order valence-corrected chi connectivity index (χ4v) is 2.83. The van der Waals surface area contributed by atoms with Crippen LogP contribution in [0.4, 0.5) is 11.5 Å². The molecule has 0 bridgehead atoms. The normalized spacial score (nSPS) is 10.3. The van der Waals surface area contributed by atoms with E-state index in [1.54, 1.807) is 43.6 Å². The number of halogens is 2. The zero-order chi connectivity index (χ0) is 19.2. The second-order valence-electron chi connectivity index (χ2n) is 5.65. The lowest BCUT2D eigenvalue weighted by Crippen LogP contribution is -2.16. The Morgan fingerprint density at radius 1 is 1.07 bits per heavy atom. The summed E-state index contributed by atoms with van der Waals surface area (Å²) in [5.74, 6) is 0.938. The summed E-state index contributed by atoms with van der Waals surface area (Å²) < 4.78 is 5.35. The molecule has 0 spiro atoms. The van der Waals surface area contributed by atoms with Gasteiger partial charge in [-0.05, 0) is 36.4 Å². The van der Waals surface area contributed by atoms with Crippen LogP contribution in [-0.4, -0.2) is 18.0 Å².